The molecule has 2 N–H and O–H groups in total. The predicted octanol–water partition coefficient (Wildman–Crippen LogP) is 3.35. The van der Waals surface area contributed by atoms with Crippen LogP contribution in [-0.2, 0) is 0 Å². The second-order valence-electron chi connectivity index (χ2n) is 5.92. The smallest absolute Gasteiger partial charge is 0.258 e. The summed E-state index contributed by atoms with van der Waals surface area (Å²) in [6.07, 6.45) is 9.08. The zero-order valence-electron chi connectivity index (χ0n) is 13.3. The van der Waals surface area contributed by atoms with E-state index in [0.717, 1.165) is 12.8 Å². The normalized spacial score (nSPS) is 14.6. The highest BCUT2D eigenvalue weighted by Crippen LogP contribution is 2.20. The number of rotatable bonds is 4. The number of nitrogens with zero attached hydrogens (tertiary/aromatic N) is 3. The first-order valence-electron chi connectivity index (χ1n) is 8.15. The van der Waals surface area contributed by atoms with Crippen molar-refractivity contribution in [1.82, 2.24) is 9.97 Å². The maximum Gasteiger partial charge on any atom is 0.258 e. The van der Waals surface area contributed by atoms with Crippen LogP contribution in [0.3, 0.4) is 0 Å². The number of aromatic nitrogens is 2. The summed E-state index contributed by atoms with van der Waals surface area (Å²) in [6, 6.07) is 9.23. The molecule has 6 heteroatoms. The van der Waals surface area contributed by atoms with E-state index in [2.05, 4.69) is 20.6 Å². The molecule has 1 amide bonds. The van der Waals surface area contributed by atoms with Gasteiger partial charge in [0.15, 0.2) is 0 Å². The molecule has 0 saturated heterocycles. The molecule has 1 aromatic heterocycles. The molecular weight excluding hydrogens is 302 g/mol. The molecule has 1 aromatic carbocycles. The summed E-state index contributed by atoms with van der Waals surface area (Å²) in [6.45, 7) is 0. The lowest BCUT2D eigenvalue weighted by molar-refractivity contribution is 0.102. The standard InChI is InChI=1S/C18H19N5O/c19-10-13-5-4-8-16(9-13)22-17(24)14-11-20-18(21-12-14)23-15-6-2-1-3-7-15/h4-5,8-9,11-12,15H,1-3,6-7H2,(H,22,24)(H,20,21,23). The lowest BCUT2D eigenvalue weighted by Gasteiger charge is -2.22. The van der Waals surface area contributed by atoms with Crippen molar-refractivity contribution in [2.24, 2.45) is 0 Å². The van der Waals surface area contributed by atoms with Gasteiger partial charge in [0.1, 0.15) is 0 Å². The molecule has 0 spiro atoms. The minimum absolute atomic E-state index is 0.297. The monoisotopic (exact) mass is 321 g/mol. The lowest BCUT2D eigenvalue weighted by atomic mass is 9.96. The van der Waals surface area contributed by atoms with Gasteiger partial charge < -0.3 is 10.6 Å². The minimum atomic E-state index is -0.297. The Bertz CT molecular complexity index is 745. The molecule has 3 rings (SSSR count). The number of hydrogen-bond acceptors (Lipinski definition) is 5. The Kier molecular flexibility index (Phi) is 5.02. The number of anilines is 2. The summed E-state index contributed by atoms with van der Waals surface area (Å²) in [4.78, 5) is 20.7. The SMILES string of the molecule is N#Cc1cccc(NC(=O)c2cnc(NC3CCCCC3)nc2)c1. The summed E-state index contributed by atoms with van der Waals surface area (Å²) >= 11 is 0. The molecule has 6 nitrogen and oxygen atoms in total. The van der Waals surface area contributed by atoms with E-state index >= 15 is 0 Å². The number of amides is 1. The summed E-state index contributed by atoms with van der Waals surface area (Å²) in [5, 5.41) is 15.0. The fraction of sp³-hybridized carbons (Fsp3) is 0.333. The number of carbonyl (C=O) groups is 1. The molecule has 1 saturated carbocycles. The highest BCUT2D eigenvalue weighted by molar-refractivity contribution is 6.03. The van der Waals surface area contributed by atoms with Crippen molar-refractivity contribution < 1.29 is 4.79 Å². The summed E-state index contributed by atoms with van der Waals surface area (Å²) in [7, 11) is 0. The van der Waals surface area contributed by atoms with Gasteiger partial charge in [0.2, 0.25) is 5.95 Å². The van der Waals surface area contributed by atoms with Gasteiger partial charge in [-0.05, 0) is 31.0 Å². The van der Waals surface area contributed by atoms with Gasteiger partial charge >= 0.3 is 0 Å². The Morgan fingerprint density at radius 1 is 1.17 bits per heavy atom. The van der Waals surface area contributed by atoms with Gasteiger partial charge in [0, 0.05) is 24.1 Å². The fourth-order valence-electron chi connectivity index (χ4n) is 2.82. The lowest BCUT2D eigenvalue weighted by Crippen LogP contribution is -2.23. The van der Waals surface area contributed by atoms with Crippen LogP contribution in [0.1, 0.15) is 48.0 Å². The van der Waals surface area contributed by atoms with E-state index in [4.69, 9.17) is 5.26 Å². The van der Waals surface area contributed by atoms with E-state index in [9.17, 15) is 4.79 Å². The van der Waals surface area contributed by atoms with Crippen LogP contribution in [0.15, 0.2) is 36.7 Å². The fourth-order valence-corrected chi connectivity index (χ4v) is 2.82. The van der Waals surface area contributed by atoms with Gasteiger partial charge in [-0.1, -0.05) is 25.3 Å². The molecule has 1 aliphatic carbocycles. The molecule has 1 heterocycles. The van der Waals surface area contributed by atoms with E-state index in [1.165, 1.54) is 31.7 Å². The third-order valence-electron chi connectivity index (χ3n) is 4.10. The van der Waals surface area contributed by atoms with Gasteiger partial charge in [0.25, 0.3) is 5.91 Å². The summed E-state index contributed by atoms with van der Waals surface area (Å²) < 4.78 is 0. The third kappa shape index (κ3) is 4.07. The molecular formula is C18H19N5O. The Morgan fingerprint density at radius 2 is 1.92 bits per heavy atom. The van der Waals surface area contributed by atoms with Crippen molar-refractivity contribution in [3.8, 4) is 6.07 Å². The predicted molar refractivity (Wildman–Crippen MR) is 91.6 cm³/mol. The number of hydrogen-bond donors (Lipinski definition) is 2. The van der Waals surface area contributed by atoms with Crippen molar-refractivity contribution in [2.45, 2.75) is 38.1 Å². The number of carbonyl (C=O) groups excluding carboxylic acids is 1. The van der Waals surface area contributed by atoms with Crippen LogP contribution in [0.4, 0.5) is 11.6 Å². The van der Waals surface area contributed by atoms with Crippen LogP contribution in [0.25, 0.3) is 0 Å². The average molecular weight is 321 g/mol. The molecule has 0 unspecified atom stereocenters. The highest BCUT2D eigenvalue weighted by Gasteiger charge is 2.14. The second-order valence-corrected chi connectivity index (χ2v) is 5.92. The number of nitriles is 1. The van der Waals surface area contributed by atoms with E-state index in [-0.39, 0.29) is 5.91 Å². The van der Waals surface area contributed by atoms with Crippen molar-refractivity contribution in [2.75, 3.05) is 10.6 Å². The molecule has 2 aromatic rings. The molecule has 24 heavy (non-hydrogen) atoms. The quantitative estimate of drug-likeness (QED) is 0.901. The molecule has 0 atom stereocenters. The first-order chi connectivity index (χ1) is 11.7. The van der Waals surface area contributed by atoms with Crippen LogP contribution in [-0.4, -0.2) is 21.9 Å². The first kappa shape index (κ1) is 15.9. The molecule has 0 aliphatic heterocycles. The number of nitrogens with one attached hydrogen (secondary N) is 2. The van der Waals surface area contributed by atoms with Crippen LogP contribution in [0, 0.1) is 11.3 Å². The van der Waals surface area contributed by atoms with Gasteiger partial charge in [0.05, 0.1) is 17.2 Å². The molecule has 122 valence electrons. The minimum Gasteiger partial charge on any atom is -0.351 e. The van der Waals surface area contributed by atoms with Crippen molar-refractivity contribution >= 4 is 17.5 Å². The largest absolute Gasteiger partial charge is 0.351 e. The maximum absolute atomic E-state index is 12.2. The molecule has 0 radical (unpaired) electrons. The van der Waals surface area contributed by atoms with Gasteiger partial charge in [-0.3, -0.25) is 4.79 Å². The van der Waals surface area contributed by atoms with E-state index in [1.54, 1.807) is 24.3 Å². The second kappa shape index (κ2) is 7.55. The van der Waals surface area contributed by atoms with Crippen LogP contribution < -0.4 is 10.6 Å². The van der Waals surface area contributed by atoms with Crippen molar-refractivity contribution in [1.29, 1.82) is 5.26 Å². The van der Waals surface area contributed by atoms with E-state index in [0.29, 0.717) is 28.8 Å². The Hall–Kier alpha value is -2.94. The third-order valence-corrected chi connectivity index (χ3v) is 4.10. The zero-order chi connectivity index (χ0) is 16.8. The van der Waals surface area contributed by atoms with Gasteiger partial charge in [-0.2, -0.15) is 5.26 Å². The number of benzene rings is 1. The van der Waals surface area contributed by atoms with E-state index in [1.807, 2.05) is 6.07 Å². The highest BCUT2D eigenvalue weighted by atomic mass is 16.1. The van der Waals surface area contributed by atoms with E-state index < -0.39 is 0 Å². The molecule has 1 aliphatic rings. The molecule has 1 fully saturated rings. The topological polar surface area (TPSA) is 90.7 Å². The zero-order valence-corrected chi connectivity index (χ0v) is 13.3. The maximum atomic E-state index is 12.2. The first-order valence-corrected chi connectivity index (χ1v) is 8.15. The van der Waals surface area contributed by atoms with Crippen LogP contribution in [0.5, 0.6) is 0 Å². The van der Waals surface area contributed by atoms with Gasteiger partial charge in [-0.25, -0.2) is 9.97 Å². The van der Waals surface area contributed by atoms with Crippen molar-refractivity contribution in [3.05, 3.63) is 47.8 Å². The summed E-state index contributed by atoms with van der Waals surface area (Å²) in [5.41, 5.74) is 1.45. The van der Waals surface area contributed by atoms with Crippen LogP contribution >= 0.6 is 0 Å². The van der Waals surface area contributed by atoms with Crippen molar-refractivity contribution in [3.63, 3.8) is 0 Å². The Balaban J connectivity index is 1.62. The van der Waals surface area contributed by atoms with Gasteiger partial charge in [-0.15, -0.1) is 0 Å². The Morgan fingerprint density at radius 3 is 2.62 bits per heavy atom. The van der Waals surface area contributed by atoms with Crippen LogP contribution in [0.2, 0.25) is 0 Å². The Labute approximate surface area is 140 Å². The molecule has 0 bridgehead atoms. The summed E-state index contributed by atoms with van der Waals surface area (Å²) in [5.74, 6) is 0.263. The average Bonchev–Trinajstić information content (AvgIpc) is 2.63.